The van der Waals surface area contributed by atoms with Crippen molar-refractivity contribution in [3.63, 3.8) is 0 Å². The Morgan fingerprint density at radius 3 is 2.86 bits per heavy atom. The largest absolute Gasteiger partial charge is 0.381 e. The van der Waals surface area contributed by atoms with Crippen LogP contribution in [-0.4, -0.2) is 63.0 Å². The second-order valence-corrected chi connectivity index (χ2v) is 6.90. The fraction of sp³-hybridized carbons (Fsp3) is 0.941. The van der Waals surface area contributed by atoms with Gasteiger partial charge >= 0.3 is 0 Å². The molecule has 126 valence electrons. The van der Waals surface area contributed by atoms with E-state index in [1.165, 1.54) is 0 Å². The summed E-state index contributed by atoms with van der Waals surface area (Å²) >= 11 is 0. The van der Waals surface area contributed by atoms with E-state index in [0.717, 1.165) is 71.6 Å². The highest BCUT2D eigenvalue weighted by atomic mass is 16.5. The zero-order chi connectivity index (χ0) is 15.4. The third kappa shape index (κ3) is 3.31. The third-order valence-corrected chi connectivity index (χ3v) is 5.46. The van der Waals surface area contributed by atoms with Crippen LogP contribution in [0.25, 0.3) is 0 Å². The molecular weight excluding hydrogens is 282 g/mol. The fourth-order valence-electron chi connectivity index (χ4n) is 4.20. The minimum absolute atomic E-state index is 0.00728. The molecule has 0 N–H and O–H groups in total. The second kappa shape index (κ2) is 7.28. The smallest absolute Gasteiger partial charge is 0.225 e. The Kier molecular flexibility index (Phi) is 5.37. The van der Waals surface area contributed by atoms with Gasteiger partial charge in [-0.25, -0.2) is 0 Å². The lowest BCUT2D eigenvalue weighted by Crippen LogP contribution is -2.59. The van der Waals surface area contributed by atoms with Crippen molar-refractivity contribution >= 4 is 5.91 Å². The molecule has 3 saturated heterocycles. The van der Waals surface area contributed by atoms with Gasteiger partial charge in [0, 0.05) is 50.8 Å². The topological polar surface area (TPSA) is 48.0 Å². The predicted molar refractivity (Wildman–Crippen MR) is 82.6 cm³/mol. The Bertz CT molecular complexity index is 383. The van der Waals surface area contributed by atoms with Crippen molar-refractivity contribution < 1.29 is 19.0 Å². The molecule has 3 aliphatic heterocycles. The van der Waals surface area contributed by atoms with Crippen LogP contribution >= 0.6 is 0 Å². The predicted octanol–water partition coefficient (Wildman–Crippen LogP) is 1.85. The van der Waals surface area contributed by atoms with E-state index < -0.39 is 0 Å². The van der Waals surface area contributed by atoms with E-state index in [1.54, 1.807) is 0 Å². The molecule has 3 rings (SSSR count). The number of hydrogen-bond donors (Lipinski definition) is 0. The molecular formula is C17H29NO4. The third-order valence-electron chi connectivity index (χ3n) is 5.46. The van der Waals surface area contributed by atoms with Crippen LogP contribution in [0.4, 0.5) is 0 Å². The maximum atomic E-state index is 12.8. The summed E-state index contributed by atoms with van der Waals surface area (Å²) in [4.78, 5) is 14.9. The minimum atomic E-state index is 0.00728. The van der Waals surface area contributed by atoms with E-state index in [4.69, 9.17) is 14.2 Å². The number of amides is 1. The Morgan fingerprint density at radius 1 is 1.27 bits per heavy atom. The van der Waals surface area contributed by atoms with Gasteiger partial charge in [-0.2, -0.15) is 0 Å². The average molecular weight is 311 g/mol. The number of fused-ring (bicyclic) bond motifs is 1. The summed E-state index contributed by atoms with van der Waals surface area (Å²) in [5.41, 5.74) is 0.00728. The van der Waals surface area contributed by atoms with Crippen LogP contribution in [-0.2, 0) is 19.0 Å². The van der Waals surface area contributed by atoms with Crippen molar-refractivity contribution in [1.29, 1.82) is 0 Å². The van der Waals surface area contributed by atoms with Gasteiger partial charge in [0.1, 0.15) is 0 Å². The van der Waals surface area contributed by atoms with Crippen molar-refractivity contribution in [3.05, 3.63) is 0 Å². The number of nitrogens with zero attached hydrogens (tertiary/aromatic N) is 1. The second-order valence-electron chi connectivity index (χ2n) is 6.90. The molecule has 22 heavy (non-hydrogen) atoms. The molecule has 0 saturated carbocycles. The van der Waals surface area contributed by atoms with Crippen molar-refractivity contribution in [2.45, 2.75) is 45.1 Å². The van der Waals surface area contributed by atoms with E-state index in [2.05, 4.69) is 4.90 Å². The number of ether oxygens (including phenoxy) is 3. The first-order valence-electron chi connectivity index (χ1n) is 8.81. The van der Waals surface area contributed by atoms with Gasteiger partial charge in [0.2, 0.25) is 5.91 Å². The molecule has 5 nitrogen and oxygen atoms in total. The zero-order valence-corrected chi connectivity index (χ0v) is 13.7. The van der Waals surface area contributed by atoms with Crippen LogP contribution in [0.5, 0.6) is 0 Å². The number of likely N-dealkylation sites (tertiary alicyclic amines) is 1. The summed E-state index contributed by atoms with van der Waals surface area (Å²) in [6, 6.07) is 0. The number of carbonyl (C=O) groups excluding carboxylic acids is 1. The quantitative estimate of drug-likeness (QED) is 0.795. The van der Waals surface area contributed by atoms with Crippen molar-refractivity contribution in [2.75, 3.05) is 46.1 Å². The highest BCUT2D eigenvalue weighted by Gasteiger charge is 2.47. The van der Waals surface area contributed by atoms with Gasteiger partial charge in [0.05, 0.1) is 12.7 Å². The van der Waals surface area contributed by atoms with Crippen molar-refractivity contribution in [3.8, 4) is 0 Å². The van der Waals surface area contributed by atoms with Crippen LogP contribution in [0.1, 0.15) is 39.0 Å². The molecule has 0 bridgehead atoms. The number of piperidine rings is 1. The molecule has 0 aromatic heterocycles. The van der Waals surface area contributed by atoms with E-state index in [0.29, 0.717) is 12.5 Å². The van der Waals surface area contributed by atoms with Gasteiger partial charge in [-0.3, -0.25) is 4.79 Å². The number of rotatable bonds is 4. The molecule has 3 aliphatic rings. The normalized spacial score (nSPS) is 33.5. The molecule has 3 fully saturated rings. The highest BCUT2D eigenvalue weighted by Crippen LogP contribution is 2.41. The van der Waals surface area contributed by atoms with Gasteiger partial charge in [0.15, 0.2) is 0 Å². The molecule has 0 aromatic rings. The SMILES string of the molecule is CCOCC12CCCOC1CCN(C(=O)C1CCOCC1)C2. The highest BCUT2D eigenvalue weighted by molar-refractivity contribution is 5.79. The lowest BCUT2D eigenvalue weighted by molar-refractivity contribution is -0.168. The lowest BCUT2D eigenvalue weighted by Gasteiger charge is -2.50. The van der Waals surface area contributed by atoms with Crippen LogP contribution in [0.2, 0.25) is 0 Å². The van der Waals surface area contributed by atoms with Crippen LogP contribution in [0, 0.1) is 11.3 Å². The zero-order valence-electron chi connectivity index (χ0n) is 13.7. The molecule has 2 unspecified atom stereocenters. The maximum absolute atomic E-state index is 12.8. The summed E-state index contributed by atoms with van der Waals surface area (Å²) in [5, 5.41) is 0. The Morgan fingerprint density at radius 2 is 2.09 bits per heavy atom. The Balaban J connectivity index is 1.67. The van der Waals surface area contributed by atoms with Gasteiger partial charge in [-0.1, -0.05) is 0 Å². The van der Waals surface area contributed by atoms with Gasteiger partial charge < -0.3 is 19.1 Å². The lowest BCUT2D eigenvalue weighted by atomic mass is 9.72. The minimum Gasteiger partial charge on any atom is -0.381 e. The molecule has 1 amide bonds. The standard InChI is InChI=1S/C17H29NO4/c1-2-20-13-17-7-3-9-22-15(17)4-8-18(12-17)16(19)14-5-10-21-11-6-14/h14-15H,2-13H2,1H3. The van der Waals surface area contributed by atoms with Crippen molar-refractivity contribution in [1.82, 2.24) is 4.90 Å². The van der Waals surface area contributed by atoms with Crippen LogP contribution in [0.15, 0.2) is 0 Å². The first kappa shape index (κ1) is 16.2. The summed E-state index contributed by atoms with van der Waals surface area (Å²) in [6.07, 6.45) is 5.12. The molecule has 0 spiro atoms. The van der Waals surface area contributed by atoms with E-state index >= 15 is 0 Å². The van der Waals surface area contributed by atoms with Crippen LogP contribution < -0.4 is 0 Å². The molecule has 0 aromatic carbocycles. The van der Waals surface area contributed by atoms with Crippen molar-refractivity contribution in [2.24, 2.45) is 11.3 Å². The number of carbonyl (C=O) groups is 1. The van der Waals surface area contributed by atoms with Gasteiger partial charge in [0.25, 0.3) is 0 Å². The van der Waals surface area contributed by atoms with Gasteiger partial charge in [-0.05, 0) is 39.0 Å². The first-order chi connectivity index (χ1) is 10.7. The Labute approximate surface area is 133 Å². The summed E-state index contributed by atoms with van der Waals surface area (Å²) in [5.74, 6) is 0.474. The first-order valence-corrected chi connectivity index (χ1v) is 8.81. The van der Waals surface area contributed by atoms with Gasteiger partial charge in [-0.15, -0.1) is 0 Å². The Hall–Kier alpha value is -0.650. The van der Waals surface area contributed by atoms with E-state index in [1.807, 2.05) is 6.92 Å². The van der Waals surface area contributed by atoms with E-state index in [-0.39, 0.29) is 17.4 Å². The summed E-state index contributed by atoms with van der Waals surface area (Å²) in [7, 11) is 0. The van der Waals surface area contributed by atoms with E-state index in [9.17, 15) is 4.79 Å². The van der Waals surface area contributed by atoms with Crippen LogP contribution in [0.3, 0.4) is 0 Å². The monoisotopic (exact) mass is 311 g/mol. The molecule has 0 aliphatic carbocycles. The maximum Gasteiger partial charge on any atom is 0.225 e. The average Bonchev–Trinajstić information content (AvgIpc) is 2.59. The molecule has 3 heterocycles. The molecule has 0 radical (unpaired) electrons. The fourth-order valence-corrected chi connectivity index (χ4v) is 4.20. The molecule has 2 atom stereocenters. The molecule has 5 heteroatoms. The number of hydrogen-bond acceptors (Lipinski definition) is 4. The summed E-state index contributed by atoms with van der Waals surface area (Å²) in [6.45, 7) is 7.40. The summed E-state index contributed by atoms with van der Waals surface area (Å²) < 4.78 is 17.2.